The summed E-state index contributed by atoms with van der Waals surface area (Å²) in [6.45, 7) is 2.26. The normalized spacial score (nSPS) is 21.6. The first-order valence-corrected chi connectivity index (χ1v) is 8.81. The second-order valence-corrected chi connectivity index (χ2v) is 6.67. The predicted octanol–water partition coefficient (Wildman–Crippen LogP) is 7.17. The van der Waals surface area contributed by atoms with Crippen molar-refractivity contribution in [3.05, 3.63) is 41.5 Å². The summed E-state index contributed by atoms with van der Waals surface area (Å²) in [5.74, 6) is 1.54. The first kappa shape index (κ1) is 17.2. The third kappa shape index (κ3) is 5.55. The highest BCUT2D eigenvalue weighted by molar-refractivity contribution is 5.50. The molecular weight excluding hydrogens is 278 g/mol. The van der Waals surface area contributed by atoms with Gasteiger partial charge in [0, 0.05) is 6.08 Å². The number of halogens is 2. The Bertz CT molecular complexity index is 449. The summed E-state index contributed by atoms with van der Waals surface area (Å²) in [7, 11) is 0. The highest BCUT2D eigenvalue weighted by Crippen LogP contribution is 2.37. The molecule has 0 spiro atoms. The molecule has 0 aromatic heterocycles. The first-order valence-electron chi connectivity index (χ1n) is 8.81. The molecule has 0 radical (unpaired) electrons. The van der Waals surface area contributed by atoms with E-state index in [1.54, 1.807) is 0 Å². The van der Waals surface area contributed by atoms with E-state index in [-0.39, 0.29) is 0 Å². The number of rotatable bonds is 7. The largest absolute Gasteiger partial charge is 0.270 e. The maximum Gasteiger partial charge on any atom is 0.270 e. The number of hydrogen-bond acceptors (Lipinski definition) is 0. The Morgan fingerprint density at radius 1 is 1.00 bits per heavy atom. The van der Waals surface area contributed by atoms with Crippen LogP contribution in [0.1, 0.15) is 81.8 Å². The fraction of sp³-hybridized carbons (Fsp3) is 0.600. The van der Waals surface area contributed by atoms with Crippen molar-refractivity contribution in [3.8, 4) is 0 Å². The van der Waals surface area contributed by atoms with Crippen molar-refractivity contribution >= 4 is 6.08 Å². The molecule has 1 saturated carbocycles. The first-order chi connectivity index (χ1) is 10.7. The number of hydrogen-bond donors (Lipinski definition) is 0. The molecule has 0 aliphatic heterocycles. The van der Waals surface area contributed by atoms with E-state index in [0.29, 0.717) is 11.5 Å². The van der Waals surface area contributed by atoms with E-state index < -0.39 is 6.08 Å². The standard InChI is InChI=1S/C20H28F2/c1-2-3-4-5-6-16-7-11-18(12-8-16)19-13-9-17(10-14-19)15-20(21)22/h9-10,13-16,18H,2-8,11-12H2,1H3/t16-,18-. The molecule has 0 saturated heterocycles. The molecular formula is C20H28F2. The van der Waals surface area contributed by atoms with E-state index in [4.69, 9.17) is 0 Å². The van der Waals surface area contributed by atoms with Gasteiger partial charge in [-0.3, -0.25) is 0 Å². The molecule has 0 atom stereocenters. The molecule has 22 heavy (non-hydrogen) atoms. The number of benzene rings is 1. The molecule has 2 heteroatoms. The summed E-state index contributed by atoms with van der Waals surface area (Å²) in [5.41, 5.74) is 1.91. The van der Waals surface area contributed by atoms with E-state index in [2.05, 4.69) is 6.92 Å². The van der Waals surface area contributed by atoms with Crippen LogP contribution in [0.25, 0.3) is 6.08 Å². The van der Waals surface area contributed by atoms with Crippen molar-refractivity contribution in [1.29, 1.82) is 0 Å². The second kappa shape index (κ2) is 9.07. The Morgan fingerprint density at radius 2 is 1.68 bits per heavy atom. The van der Waals surface area contributed by atoms with Crippen molar-refractivity contribution in [2.24, 2.45) is 5.92 Å². The van der Waals surface area contributed by atoms with Gasteiger partial charge in [0.25, 0.3) is 6.08 Å². The molecule has 0 N–H and O–H groups in total. The lowest BCUT2D eigenvalue weighted by Gasteiger charge is -2.29. The maximum absolute atomic E-state index is 12.2. The van der Waals surface area contributed by atoms with Crippen LogP contribution >= 0.6 is 0 Å². The Hall–Kier alpha value is -1.18. The second-order valence-electron chi connectivity index (χ2n) is 6.67. The highest BCUT2D eigenvalue weighted by Gasteiger charge is 2.21. The SMILES string of the molecule is CCCCCC[C@H]1CC[C@H](c2ccc(C=C(F)F)cc2)CC1. The van der Waals surface area contributed by atoms with Gasteiger partial charge in [-0.2, -0.15) is 8.78 Å². The monoisotopic (exact) mass is 306 g/mol. The van der Waals surface area contributed by atoms with Gasteiger partial charge < -0.3 is 0 Å². The van der Waals surface area contributed by atoms with E-state index in [1.807, 2.05) is 24.3 Å². The summed E-state index contributed by atoms with van der Waals surface area (Å²) >= 11 is 0. The van der Waals surface area contributed by atoms with Gasteiger partial charge in [-0.25, -0.2) is 0 Å². The van der Waals surface area contributed by atoms with Crippen molar-refractivity contribution in [1.82, 2.24) is 0 Å². The minimum Gasteiger partial charge on any atom is -0.173 e. The molecule has 1 fully saturated rings. The fourth-order valence-electron chi connectivity index (χ4n) is 3.63. The molecule has 122 valence electrons. The Balaban J connectivity index is 1.77. The number of unbranched alkanes of at least 4 members (excludes halogenated alkanes) is 3. The third-order valence-electron chi connectivity index (χ3n) is 5.00. The zero-order valence-corrected chi connectivity index (χ0v) is 13.7. The van der Waals surface area contributed by atoms with Crippen LogP contribution in [0.5, 0.6) is 0 Å². The van der Waals surface area contributed by atoms with Crippen LogP contribution in [0.15, 0.2) is 30.3 Å². The third-order valence-corrected chi connectivity index (χ3v) is 5.00. The van der Waals surface area contributed by atoms with E-state index >= 15 is 0 Å². The predicted molar refractivity (Wildman–Crippen MR) is 90.1 cm³/mol. The Kier molecular flexibility index (Phi) is 7.08. The molecule has 0 bridgehead atoms. The highest BCUT2D eigenvalue weighted by atomic mass is 19.3. The van der Waals surface area contributed by atoms with Gasteiger partial charge in [-0.05, 0) is 48.6 Å². The van der Waals surface area contributed by atoms with Crippen LogP contribution in [0, 0.1) is 5.92 Å². The molecule has 0 nitrogen and oxygen atoms in total. The van der Waals surface area contributed by atoms with E-state index in [1.165, 1.54) is 63.4 Å². The van der Waals surface area contributed by atoms with Gasteiger partial charge in [-0.15, -0.1) is 0 Å². The zero-order chi connectivity index (χ0) is 15.8. The Morgan fingerprint density at radius 3 is 2.27 bits per heavy atom. The van der Waals surface area contributed by atoms with Gasteiger partial charge in [-0.1, -0.05) is 63.3 Å². The van der Waals surface area contributed by atoms with Crippen LogP contribution in [0.4, 0.5) is 8.78 Å². The molecule has 0 amide bonds. The topological polar surface area (TPSA) is 0 Å². The van der Waals surface area contributed by atoms with Crippen molar-refractivity contribution < 1.29 is 8.78 Å². The van der Waals surface area contributed by atoms with Gasteiger partial charge in [0.1, 0.15) is 0 Å². The average molecular weight is 306 g/mol. The van der Waals surface area contributed by atoms with Crippen molar-refractivity contribution in [2.75, 3.05) is 0 Å². The van der Waals surface area contributed by atoms with Crippen LogP contribution in [-0.2, 0) is 0 Å². The fourth-order valence-corrected chi connectivity index (χ4v) is 3.63. The molecule has 0 heterocycles. The minimum absolute atomic E-state index is 0.591. The lowest BCUT2D eigenvalue weighted by atomic mass is 9.77. The minimum atomic E-state index is -1.63. The van der Waals surface area contributed by atoms with E-state index in [9.17, 15) is 8.78 Å². The van der Waals surface area contributed by atoms with Crippen LogP contribution in [0.2, 0.25) is 0 Å². The van der Waals surface area contributed by atoms with Crippen molar-refractivity contribution in [3.63, 3.8) is 0 Å². The zero-order valence-electron chi connectivity index (χ0n) is 13.7. The molecule has 1 aromatic rings. The molecule has 2 rings (SSSR count). The summed E-state index contributed by atoms with van der Waals surface area (Å²) in [6, 6.07) is 7.68. The van der Waals surface area contributed by atoms with Crippen LogP contribution in [-0.4, -0.2) is 0 Å². The smallest absolute Gasteiger partial charge is 0.173 e. The summed E-state index contributed by atoms with van der Waals surface area (Å²) < 4.78 is 24.5. The lowest BCUT2D eigenvalue weighted by molar-refractivity contribution is 0.302. The summed E-state index contributed by atoms with van der Waals surface area (Å²) in [4.78, 5) is 0. The Labute approximate surface area is 133 Å². The lowest BCUT2D eigenvalue weighted by Crippen LogP contribution is -2.13. The average Bonchev–Trinajstić information content (AvgIpc) is 2.52. The summed E-state index contributed by atoms with van der Waals surface area (Å²) in [6.07, 6.45) is 11.3. The van der Waals surface area contributed by atoms with Crippen molar-refractivity contribution in [2.45, 2.75) is 70.6 Å². The maximum atomic E-state index is 12.2. The summed E-state index contributed by atoms with van der Waals surface area (Å²) in [5, 5.41) is 0. The van der Waals surface area contributed by atoms with Gasteiger partial charge >= 0.3 is 0 Å². The van der Waals surface area contributed by atoms with Crippen LogP contribution in [0.3, 0.4) is 0 Å². The van der Waals surface area contributed by atoms with Gasteiger partial charge in [0.15, 0.2) is 0 Å². The molecule has 1 aliphatic rings. The molecule has 0 unspecified atom stereocenters. The quantitative estimate of drug-likeness (QED) is 0.468. The molecule has 1 aliphatic carbocycles. The van der Waals surface area contributed by atoms with E-state index in [0.717, 1.165) is 12.0 Å². The van der Waals surface area contributed by atoms with Gasteiger partial charge in [0.05, 0.1) is 0 Å². The van der Waals surface area contributed by atoms with Gasteiger partial charge in [0.2, 0.25) is 0 Å². The molecule has 1 aromatic carbocycles. The van der Waals surface area contributed by atoms with Crippen LogP contribution < -0.4 is 0 Å².